The molecule has 0 saturated heterocycles. The van der Waals surface area contributed by atoms with Crippen molar-refractivity contribution in [1.29, 1.82) is 0 Å². The Hall–Kier alpha value is -1.64. The summed E-state index contributed by atoms with van der Waals surface area (Å²) in [7, 11) is -2.53. The molecule has 1 atom stereocenters. The summed E-state index contributed by atoms with van der Waals surface area (Å²) in [4.78, 5) is 11.5. The van der Waals surface area contributed by atoms with Crippen LogP contribution in [0.25, 0.3) is 0 Å². The van der Waals surface area contributed by atoms with E-state index in [-0.39, 0.29) is 25.6 Å². The van der Waals surface area contributed by atoms with Crippen molar-refractivity contribution >= 4 is 16.8 Å². The van der Waals surface area contributed by atoms with Gasteiger partial charge in [0.25, 0.3) is 0 Å². The number of nitrogens with one attached hydrogen (secondary N) is 2. The highest BCUT2D eigenvalue weighted by molar-refractivity contribution is 7.72. The second kappa shape index (κ2) is 9.29. The van der Waals surface area contributed by atoms with E-state index in [9.17, 15) is 13.2 Å². The minimum absolute atomic E-state index is 0.130. The van der Waals surface area contributed by atoms with Crippen LogP contribution in [0.5, 0.6) is 0 Å². The quantitative estimate of drug-likeness (QED) is 0.480. The summed E-state index contributed by atoms with van der Waals surface area (Å²) in [5.74, 6) is -0.202. The number of rotatable bonds is 8. The van der Waals surface area contributed by atoms with E-state index >= 15 is 0 Å². The lowest BCUT2D eigenvalue weighted by Crippen LogP contribution is -2.44. The average molecular weight is 302 g/mol. The molecule has 3 N–H and O–H groups in total. The molecule has 0 aromatic heterocycles. The molecule has 0 heterocycles. The van der Waals surface area contributed by atoms with Crippen molar-refractivity contribution in [3.8, 4) is 0 Å². The van der Waals surface area contributed by atoms with Gasteiger partial charge in [0.1, 0.15) is 6.61 Å². The summed E-state index contributed by atoms with van der Waals surface area (Å²) in [5.41, 5.74) is 0.852. The topological polar surface area (TPSA) is 105 Å². The number of hydrogen-bond donors (Lipinski definition) is 4. The first kappa shape index (κ1) is 16.4. The molecule has 0 unspecified atom stereocenters. The zero-order chi connectivity index (χ0) is 14.8. The lowest BCUT2D eigenvalue weighted by molar-refractivity contribution is 0.129. The molecule has 0 fully saturated rings. The Kier molecular flexibility index (Phi) is 7.63. The van der Waals surface area contributed by atoms with Gasteiger partial charge in [-0.25, -0.2) is 13.2 Å². The van der Waals surface area contributed by atoms with Gasteiger partial charge in [-0.05, 0) is 5.56 Å². The highest BCUT2D eigenvalue weighted by Crippen LogP contribution is 2.00. The van der Waals surface area contributed by atoms with E-state index in [2.05, 4.69) is 10.6 Å². The lowest BCUT2D eigenvalue weighted by atomic mass is 10.2. The van der Waals surface area contributed by atoms with Crippen LogP contribution in [0.3, 0.4) is 0 Å². The summed E-state index contributed by atoms with van der Waals surface area (Å²) in [6, 6.07) is 8.57. The van der Waals surface area contributed by atoms with Crippen LogP contribution in [0.2, 0.25) is 0 Å². The third-order valence-electron chi connectivity index (χ3n) is 2.39. The Morgan fingerprint density at radius 1 is 1.30 bits per heavy atom. The minimum Gasteiger partial charge on any atom is -0.445 e. The largest absolute Gasteiger partial charge is 0.445 e. The maximum Gasteiger partial charge on any atom is 0.407 e. The van der Waals surface area contributed by atoms with E-state index in [4.69, 9.17) is 9.84 Å². The van der Waals surface area contributed by atoms with Crippen LogP contribution in [0.4, 0.5) is 4.79 Å². The Labute approximate surface area is 118 Å². The number of carbonyl (C=O) groups excluding carboxylic acids is 1. The Morgan fingerprint density at radius 3 is 2.60 bits per heavy atom. The molecule has 0 aliphatic heterocycles. The van der Waals surface area contributed by atoms with Gasteiger partial charge in [0.15, 0.2) is 10.7 Å². The van der Waals surface area contributed by atoms with Crippen LogP contribution in [0.1, 0.15) is 5.56 Å². The van der Waals surface area contributed by atoms with Crippen LogP contribution in [0, 0.1) is 0 Å². The number of aliphatic hydroxyl groups is 1. The number of alkyl carbamates (subject to hydrolysis) is 1. The molecule has 1 aromatic rings. The summed E-state index contributed by atoms with van der Waals surface area (Å²) in [6.07, 6.45) is -0.666. The van der Waals surface area contributed by atoms with E-state index in [1.807, 2.05) is 30.3 Å². The zero-order valence-electron chi connectivity index (χ0n) is 10.8. The molecule has 1 amide bonds. The molecule has 20 heavy (non-hydrogen) atoms. The molecule has 8 heteroatoms. The fourth-order valence-corrected chi connectivity index (χ4v) is 1.73. The predicted molar refractivity (Wildman–Crippen MR) is 73.8 cm³/mol. The molecule has 0 radical (unpaired) electrons. The van der Waals surface area contributed by atoms with Gasteiger partial charge in [-0.1, -0.05) is 30.3 Å². The summed E-state index contributed by atoms with van der Waals surface area (Å²) in [5, 5.41) is 14.1. The van der Waals surface area contributed by atoms with E-state index in [1.165, 1.54) is 0 Å². The van der Waals surface area contributed by atoms with Crippen molar-refractivity contribution < 1.29 is 23.1 Å². The fourth-order valence-electron chi connectivity index (χ4n) is 1.42. The highest BCUT2D eigenvalue weighted by atomic mass is 32.2. The predicted octanol–water partition coefficient (Wildman–Crippen LogP) is -0.568. The molecular weight excluding hydrogens is 284 g/mol. The van der Waals surface area contributed by atoms with E-state index < -0.39 is 22.8 Å². The maximum absolute atomic E-state index is 11.5. The SMILES string of the molecule is O=C(N[C@@H](CO)CNC[SH](=O)=O)OCc1ccccc1. The molecule has 1 rings (SSSR count). The lowest BCUT2D eigenvalue weighted by Gasteiger charge is -2.16. The smallest absolute Gasteiger partial charge is 0.407 e. The van der Waals surface area contributed by atoms with Crippen LogP contribution in [-0.2, 0) is 22.0 Å². The highest BCUT2D eigenvalue weighted by Gasteiger charge is 2.11. The van der Waals surface area contributed by atoms with Crippen LogP contribution >= 0.6 is 0 Å². The number of thiol groups is 1. The summed E-state index contributed by atoms with van der Waals surface area (Å²) >= 11 is 0. The van der Waals surface area contributed by atoms with Crippen LogP contribution < -0.4 is 10.6 Å². The van der Waals surface area contributed by atoms with Gasteiger partial charge in [-0.3, -0.25) is 0 Å². The molecule has 7 nitrogen and oxygen atoms in total. The minimum atomic E-state index is -2.53. The zero-order valence-corrected chi connectivity index (χ0v) is 11.7. The van der Waals surface area contributed by atoms with Gasteiger partial charge < -0.3 is 20.5 Å². The molecule has 0 bridgehead atoms. The third kappa shape index (κ3) is 7.07. The van der Waals surface area contributed by atoms with Crippen LogP contribution in [0.15, 0.2) is 30.3 Å². The first-order chi connectivity index (χ1) is 9.61. The van der Waals surface area contributed by atoms with Gasteiger partial charge in [-0.2, -0.15) is 0 Å². The number of ether oxygens (including phenoxy) is 1. The molecule has 1 aromatic carbocycles. The van der Waals surface area contributed by atoms with Crippen molar-refractivity contribution in [2.75, 3.05) is 19.0 Å². The number of aliphatic hydroxyl groups excluding tert-OH is 1. The van der Waals surface area contributed by atoms with E-state index in [0.29, 0.717) is 0 Å². The van der Waals surface area contributed by atoms with Crippen molar-refractivity contribution in [1.82, 2.24) is 10.6 Å². The van der Waals surface area contributed by atoms with Gasteiger partial charge in [0.2, 0.25) is 0 Å². The Balaban J connectivity index is 2.28. The number of carbonyl (C=O) groups is 1. The standard InChI is InChI=1S/C12H18N2O5S/c15-7-11(6-13-9-20(17)18)14-12(16)19-8-10-4-2-1-3-5-10/h1-5,11,13,15,20H,6-9H2,(H,14,16)/t11-/m1/s1. The normalized spacial score (nSPS) is 12.1. The fraction of sp³-hybridized carbons (Fsp3) is 0.417. The first-order valence-corrected chi connectivity index (χ1v) is 7.38. The van der Waals surface area contributed by atoms with Crippen molar-refractivity contribution in [2.45, 2.75) is 12.6 Å². The first-order valence-electron chi connectivity index (χ1n) is 6.02. The monoisotopic (exact) mass is 302 g/mol. The van der Waals surface area contributed by atoms with Gasteiger partial charge in [0, 0.05) is 6.54 Å². The summed E-state index contributed by atoms with van der Waals surface area (Å²) in [6.45, 7) is -0.0476. The van der Waals surface area contributed by atoms with Crippen molar-refractivity contribution in [3.63, 3.8) is 0 Å². The molecule has 0 aliphatic carbocycles. The van der Waals surface area contributed by atoms with Gasteiger partial charge in [-0.15, -0.1) is 0 Å². The Bertz CT molecular complexity index is 470. The third-order valence-corrected chi connectivity index (χ3v) is 2.87. The molecular formula is C12H18N2O5S. The number of benzene rings is 1. The van der Waals surface area contributed by atoms with Crippen molar-refractivity contribution in [3.05, 3.63) is 35.9 Å². The van der Waals surface area contributed by atoms with E-state index in [1.54, 1.807) is 0 Å². The van der Waals surface area contributed by atoms with Gasteiger partial charge >= 0.3 is 6.09 Å². The Morgan fingerprint density at radius 2 is 2.00 bits per heavy atom. The molecule has 0 aliphatic rings. The number of hydrogen-bond acceptors (Lipinski definition) is 6. The van der Waals surface area contributed by atoms with Crippen molar-refractivity contribution in [2.24, 2.45) is 0 Å². The molecule has 112 valence electrons. The molecule has 0 saturated carbocycles. The average Bonchev–Trinajstić information content (AvgIpc) is 2.44. The van der Waals surface area contributed by atoms with Crippen LogP contribution in [-0.4, -0.2) is 44.7 Å². The number of amides is 1. The molecule has 0 spiro atoms. The van der Waals surface area contributed by atoms with Gasteiger partial charge in [0.05, 0.1) is 18.5 Å². The van der Waals surface area contributed by atoms with E-state index in [0.717, 1.165) is 5.56 Å². The second-order valence-corrected chi connectivity index (χ2v) is 5.01. The maximum atomic E-state index is 11.5. The second-order valence-electron chi connectivity index (χ2n) is 4.03. The summed E-state index contributed by atoms with van der Waals surface area (Å²) < 4.78 is 25.7.